The molecule has 0 N–H and O–H groups in total. The van der Waals surface area contributed by atoms with Crippen molar-refractivity contribution in [1.82, 2.24) is 4.90 Å². The van der Waals surface area contributed by atoms with E-state index in [1.807, 2.05) is 18.2 Å². The summed E-state index contributed by atoms with van der Waals surface area (Å²) in [5.41, 5.74) is 2.17. The van der Waals surface area contributed by atoms with Gasteiger partial charge in [-0.1, -0.05) is 38.1 Å². The van der Waals surface area contributed by atoms with E-state index in [0.717, 1.165) is 5.56 Å². The van der Waals surface area contributed by atoms with Crippen LogP contribution in [0.5, 0.6) is 0 Å². The van der Waals surface area contributed by atoms with Gasteiger partial charge in [0, 0.05) is 18.5 Å². The average Bonchev–Trinajstić information content (AvgIpc) is 3.30. The van der Waals surface area contributed by atoms with Gasteiger partial charge in [-0.05, 0) is 37.8 Å². The maximum absolute atomic E-state index is 13.0. The van der Waals surface area contributed by atoms with Gasteiger partial charge in [0.25, 0.3) is 0 Å². The quantitative estimate of drug-likeness (QED) is 0.853. The largest absolute Gasteiger partial charge is 0.336 e. The highest BCUT2D eigenvalue weighted by molar-refractivity contribution is 7.94. The Balaban J connectivity index is 1.93. The fourth-order valence-corrected chi connectivity index (χ4v) is 5.55. The molecule has 0 aromatic heterocycles. The van der Waals surface area contributed by atoms with E-state index in [-0.39, 0.29) is 16.6 Å². The van der Waals surface area contributed by atoms with Crippen molar-refractivity contribution in [2.24, 2.45) is 0 Å². The summed E-state index contributed by atoms with van der Waals surface area (Å²) >= 11 is 0. The zero-order chi connectivity index (χ0) is 17.0. The van der Waals surface area contributed by atoms with Crippen LogP contribution in [0.4, 0.5) is 0 Å². The lowest BCUT2D eigenvalue weighted by Gasteiger charge is -2.42. The number of carbonyl (C=O) groups excluding carboxylic acids is 1. The highest BCUT2D eigenvalue weighted by Gasteiger charge is 2.52. The van der Waals surface area contributed by atoms with E-state index in [1.165, 1.54) is 5.56 Å². The zero-order valence-electron chi connectivity index (χ0n) is 14.3. The van der Waals surface area contributed by atoms with Gasteiger partial charge in [-0.25, -0.2) is 8.42 Å². The molecule has 1 saturated carbocycles. The summed E-state index contributed by atoms with van der Waals surface area (Å²) in [5, 5.41) is -0.327. The van der Waals surface area contributed by atoms with Crippen LogP contribution in [0.25, 0.3) is 0 Å². The minimum atomic E-state index is -3.42. The zero-order valence-corrected chi connectivity index (χ0v) is 15.1. The minimum Gasteiger partial charge on any atom is -0.336 e. The lowest BCUT2D eigenvalue weighted by molar-refractivity contribution is -0.135. The standard InChI is InChI=1S/C18H25NO3S/c1-17(2)12-19(11-13-7-5-6-8-15(13)17)16(20)18(3,4)23(21,22)14-9-10-14/h5-8,14H,9-12H2,1-4H3. The number of hydrogen-bond acceptors (Lipinski definition) is 3. The topological polar surface area (TPSA) is 54.5 Å². The number of rotatable bonds is 3. The predicted octanol–water partition coefficient (Wildman–Crippen LogP) is 2.66. The maximum Gasteiger partial charge on any atom is 0.243 e. The molecule has 1 aromatic rings. The van der Waals surface area contributed by atoms with Gasteiger partial charge < -0.3 is 4.90 Å². The summed E-state index contributed by atoms with van der Waals surface area (Å²) < 4.78 is 24.0. The van der Waals surface area contributed by atoms with E-state index in [1.54, 1.807) is 18.7 Å². The molecule has 126 valence electrons. The van der Waals surface area contributed by atoms with Crippen molar-refractivity contribution < 1.29 is 13.2 Å². The van der Waals surface area contributed by atoms with Crippen molar-refractivity contribution >= 4 is 15.7 Å². The molecule has 0 radical (unpaired) electrons. The van der Waals surface area contributed by atoms with E-state index in [9.17, 15) is 13.2 Å². The van der Waals surface area contributed by atoms with Gasteiger partial charge >= 0.3 is 0 Å². The summed E-state index contributed by atoms with van der Waals surface area (Å²) in [6.07, 6.45) is 1.38. The molecule has 4 nitrogen and oxygen atoms in total. The molecule has 1 heterocycles. The molecular formula is C18H25NO3S. The molecule has 1 aliphatic carbocycles. The second-order valence-corrected chi connectivity index (χ2v) is 10.7. The number of benzene rings is 1. The van der Waals surface area contributed by atoms with Crippen molar-refractivity contribution in [3.63, 3.8) is 0 Å². The smallest absolute Gasteiger partial charge is 0.243 e. The normalized spacial score (nSPS) is 21.0. The Labute approximate surface area is 138 Å². The van der Waals surface area contributed by atoms with Crippen molar-refractivity contribution in [3.8, 4) is 0 Å². The number of carbonyl (C=O) groups is 1. The molecule has 23 heavy (non-hydrogen) atoms. The van der Waals surface area contributed by atoms with Gasteiger partial charge in [-0.2, -0.15) is 0 Å². The molecule has 0 spiro atoms. The van der Waals surface area contributed by atoms with Crippen LogP contribution in [-0.4, -0.2) is 35.8 Å². The number of amides is 1. The first kappa shape index (κ1) is 16.5. The van der Waals surface area contributed by atoms with Crippen molar-refractivity contribution in [2.45, 2.75) is 62.5 Å². The van der Waals surface area contributed by atoms with Gasteiger partial charge in [0.2, 0.25) is 5.91 Å². The molecule has 1 aliphatic heterocycles. The Morgan fingerprint density at radius 3 is 2.43 bits per heavy atom. The molecule has 3 rings (SSSR count). The van der Waals surface area contributed by atoms with E-state index in [2.05, 4.69) is 19.9 Å². The number of fused-ring (bicyclic) bond motifs is 1. The fraction of sp³-hybridized carbons (Fsp3) is 0.611. The Morgan fingerprint density at radius 1 is 1.22 bits per heavy atom. The first-order valence-corrected chi connectivity index (χ1v) is 9.73. The van der Waals surface area contributed by atoms with Crippen LogP contribution in [0.2, 0.25) is 0 Å². The lowest BCUT2D eigenvalue weighted by atomic mass is 9.78. The Bertz CT molecular complexity index is 745. The second-order valence-electron chi connectivity index (χ2n) is 7.96. The summed E-state index contributed by atoms with van der Waals surface area (Å²) in [6, 6.07) is 8.11. The van der Waals surface area contributed by atoms with Crippen molar-refractivity contribution in [2.75, 3.05) is 6.54 Å². The summed E-state index contributed by atoms with van der Waals surface area (Å²) in [4.78, 5) is 14.8. The van der Waals surface area contributed by atoms with Gasteiger partial charge in [0.05, 0.1) is 5.25 Å². The van der Waals surface area contributed by atoms with Gasteiger partial charge in [0.15, 0.2) is 9.84 Å². The molecule has 1 amide bonds. The molecule has 1 fully saturated rings. The van der Waals surface area contributed by atoms with Crippen LogP contribution in [0, 0.1) is 0 Å². The number of nitrogens with zero attached hydrogens (tertiary/aromatic N) is 1. The molecule has 0 bridgehead atoms. The van der Waals surface area contributed by atoms with Gasteiger partial charge in [-0.3, -0.25) is 4.79 Å². The highest BCUT2D eigenvalue weighted by Crippen LogP contribution is 2.39. The molecule has 5 heteroatoms. The highest BCUT2D eigenvalue weighted by atomic mass is 32.2. The molecule has 0 saturated heterocycles. The van der Waals surface area contributed by atoms with Crippen LogP contribution >= 0.6 is 0 Å². The van der Waals surface area contributed by atoms with Crippen LogP contribution in [0.1, 0.15) is 51.7 Å². The third-order valence-corrected chi connectivity index (χ3v) is 8.12. The summed E-state index contributed by atoms with van der Waals surface area (Å²) in [5.74, 6) is -0.271. The molecule has 0 unspecified atom stereocenters. The molecule has 0 atom stereocenters. The fourth-order valence-electron chi connectivity index (χ4n) is 3.58. The van der Waals surface area contributed by atoms with Crippen LogP contribution in [0.3, 0.4) is 0 Å². The van der Waals surface area contributed by atoms with Crippen molar-refractivity contribution in [3.05, 3.63) is 35.4 Å². The maximum atomic E-state index is 13.0. The summed E-state index contributed by atoms with van der Waals surface area (Å²) in [7, 11) is -3.42. The van der Waals surface area contributed by atoms with E-state index < -0.39 is 14.6 Å². The first-order valence-electron chi connectivity index (χ1n) is 8.18. The average molecular weight is 335 g/mol. The predicted molar refractivity (Wildman–Crippen MR) is 90.9 cm³/mol. The summed E-state index contributed by atoms with van der Waals surface area (Å²) in [6.45, 7) is 8.38. The number of sulfone groups is 1. The van der Waals surface area contributed by atoms with Crippen molar-refractivity contribution in [1.29, 1.82) is 0 Å². The van der Waals surface area contributed by atoms with Crippen LogP contribution in [0.15, 0.2) is 24.3 Å². The second kappa shape index (κ2) is 5.07. The van der Waals surface area contributed by atoms with Crippen LogP contribution < -0.4 is 0 Å². The van der Waals surface area contributed by atoms with E-state index in [4.69, 9.17) is 0 Å². The van der Waals surface area contributed by atoms with Gasteiger partial charge in [-0.15, -0.1) is 0 Å². The Morgan fingerprint density at radius 2 is 1.83 bits per heavy atom. The monoisotopic (exact) mass is 335 g/mol. The first-order chi connectivity index (χ1) is 10.6. The molecule has 1 aromatic carbocycles. The third-order valence-electron chi connectivity index (χ3n) is 5.17. The Kier molecular flexibility index (Phi) is 3.63. The third kappa shape index (κ3) is 2.59. The number of hydrogen-bond donors (Lipinski definition) is 0. The Hall–Kier alpha value is -1.36. The lowest BCUT2D eigenvalue weighted by Crippen LogP contribution is -2.55. The SMILES string of the molecule is CC1(C)CN(C(=O)C(C)(C)S(=O)(=O)C2CC2)Cc2ccccc21. The van der Waals surface area contributed by atoms with Gasteiger partial charge in [0.1, 0.15) is 4.75 Å². The van der Waals surface area contributed by atoms with Crippen LogP contribution in [-0.2, 0) is 26.6 Å². The molecular weight excluding hydrogens is 310 g/mol. The van der Waals surface area contributed by atoms with E-state index >= 15 is 0 Å². The van der Waals surface area contributed by atoms with E-state index in [0.29, 0.717) is 25.9 Å². The molecule has 2 aliphatic rings. The minimum absolute atomic E-state index is 0.177.